The Labute approximate surface area is 104 Å². The minimum atomic E-state index is -4.67. The van der Waals surface area contributed by atoms with E-state index >= 15 is 0 Å². The van der Waals surface area contributed by atoms with Crippen LogP contribution in [0.1, 0.15) is 6.92 Å². The highest BCUT2D eigenvalue weighted by Gasteiger charge is 2.20. The van der Waals surface area contributed by atoms with Crippen molar-refractivity contribution in [3.63, 3.8) is 0 Å². The molecule has 114 valence electrons. The Bertz CT molecular complexity index is 323. The number of hydrogen-bond donors (Lipinski definition) is 7. The van der Waals surface area contributed by atoms with Crippen molar-refractivity contribution in [1.29, 1.82) is 0 Å². The van der Waals surface area contributed by atoms with Crippen molar-refractivity contribution < 1.29 is 50.4 Å². The topological polar surface area (TPSA) is 210 Å². The van der Waals surface area contributed by atoms with E-state index in [0.717, 1.165) is 0 Å². The maximum atomic E-state index is 8.74. The molecular formula is C5H16O11S2. The molecule has 18 heavy (non-hydrogen) atoms. The number of hydrogen-bond acceptors (Lipinski definition) is 7. The third-order valence-electron chi connectivity index (χ3n) is 1.15. The highest BCUT2D eigenvalue weighted by atomic mass is 32.3. The highest BCUT2D eigenvalue weighted by Crippen LogP contribution is 2.10. The van der Waals surface area contributed by atoms with Crippen LogP contribution in [0.15, 0.2) is 0 Å². The second kappa shape index (κ2) is 9.54. The molecule has 0 fully saturated rings. The Morgan fingerprint density at radius 3 is 0.833 bits per heavy atom. The third-order valence-corrected chi connectivity index (χ3v) is 1.15. The van der Waals surface area contributed by atoms with E-state index in [-0.39, 0.29) is 19.8 Å². The Kier molecular flexibility index (Phi) is 12.1. The Morgan fingerprint density at radius 1 is 0.722 bits per heavy atom. The first-order chi connectivity index (χ1) is 7.68. The largest absolute Gasteiger partial charge is 0.396 e. The molecule has 0 aliphatic carbocycles. The lowest BCUT2D eigenvalue weighted by molar-refractivity contribution is 0.0200. The van der Waals surface area contributed by atoms with Gasteiger partial charge in [0.15, 0.2) is 0 Å². The fourth-order valence-electron chi connectivity index (χ4n) is 0.150. The van der Waals surface area contributed by atoms with Gasteiger partial charge in [-0.05, 0) is 0 Å². The van der Waals surface area contributed by atoms with E-state index in [1.165, 1.54) is 0 Å². The number of aliphatic hydroxyl groups excluding tert-OH is 3. The van der Waals surface area contributed by atoms with Crippen LogP contribution in [0.4, 0.5) is 0 Å². The zero-order valence-corrected chi connectivity index (χ0v) is 10.8. The van der Waals surface area contributed by atoms with Gasteiger partial charge in [0.1, 0.15) is 0 Å². The summed E-state index contributed by atoms with van der Waals surface area (Å²) in [6.45, 7) is 1.06. The first-order valence-electron chi connectivity index (χ1n) is 3.91. The third kappa shape index (κ3) is 44.9. The zero-order chi connectivity index (χ0) is 15.6. The molecule has 0 aliphatic rings. The summed E-state index contributed by atoms with van der Waals surface area (Å²) in [5.74, 6) is 0. The van der Waals surface area contributed by atoms with Gasteiger partial charge in [0.05, 0.1) is 19.8 Å². The van der Waals surface area contributed by atoms with E-state index in [9.17, 15) is 0 Å². The average Bonchev–Trinajstić information content (AvgIpc) is 2.11. The first kappa shape index (κ1) is 22.8. The number of rotatable bonds is 3. The van der Waals surface area contributed by atoms with Crippen LogP contribution >= 0.6 is 0 Å². The van der Waals surface area contributed by atoms with Crippen molar-refractivity contribution in [1.82, 2.24) is 0 Å². The molecule has 0 amide bonds. The summed E-state index contributed by atoms with van der Waals surface area (Å²) in [6, 6.07) is 0. The molecule has 7 N–H and O–H groups in total. The van der Waals surface area contributed by atoms with Gasteiger partial charge in [-0.15, -0.1) is 0 Å². The number of aliphatic hydroxyl groups is 3. The SMILES string of the molecule is CC(CO)(CO)CO.O=S(=O)(O)O.O=S(=O)(O)O. The average molecular weight is 316 g/mol. The van der Waals surface area contributed by atoms with Crippen LogP contribution in [0.2, 0.25) is 0 Å². The summed E-state index contributed by atoms with van der Waals surface area (Å²) in [5, 5.41) is 25.4. The maximum Gasteiger partial charge on any atom is 0.394 e. The van der Waals surface area contributed by atoms with Crippen molar-refractivity contribution in [3.05, 3.63) is 0 Å². The zero-order valence-electron chi connectivity index (χ0n) is 9.20. The Morgan fingerprint density at radius 2 is 0.833 bits per heavy atom. The summed E-state index contributed by atoms with van der Waals surface area (Å²) < 4.78 is 63.2. The fourth-order valence-corrected chi connectivity index (χ4v) is 0.150. The Hall–Kier alpha value is -0.380. The van der Waals surface area contributed by atoms with Gasteiger partial charge in [-0.2, -0.15) is 16.8 Å². The minimum Gasteiger partial charge on any atom is -0.396 e. The van der Waals surface area contributed by atoms with Crippen molar-refractivity contribution in [2.45, 2.75) is 6.92 Å². The molecule has 0 aromatic heterocycles. The van der Waals surface area contributed by atoms with E-state index in [2.05, 4.69) is 0 Å². The van der Waals surface area contributed by atoms with Crippen molar-refractivity contribution in [2.24, 2.45) is 5.41 Å². The lowest BCUT2D eigenvalue weighted by Gasteiger charge is -2.20. The molecule has 0 radical (unpaired) electrons. The van der Waals surface area contributed by atoms with Gasteiger partial charge in [-0.1, -0.05) is 6.92 Å². The Balaban J connectivity index is -0.000000197. The summed E-state index contributed by atoms with van der Waals surface area (Å²) in [7, 11) is -9.33. The smallest absolute Gasteiger partial charge is 0.394 e. The van der Waals surface area contributed by atoms with E-state index in [1.54, 1.807) is 6.92 Å². The fraction of sp³-hybridized carbons (Fsp3) is 1.00. The second-order valence-electron chi connectivity index (χ2n) is 3.18. The van der Waals surface area contributed by atoms with Crippen LogP contribution in [0.3, 0.4) is 0 Å². The molecular weight excluding hydrogens is 300 g/mol. The molecule has 11 nitrogen and oxygen atoms in total. The second-order valence-corrected chi connectivity index (χ2v) is 4.97. The molecule has 0 aromatic rings. The lowest BCUT2D eigenvalue weighted by atomic mass is 9.95. The quantitative estimate of drug-likeness (QED) is 0.274. The van der Waals surface area contributed by atoms with E-state index in [0.29, 0.717) is 0 Å². The molecule has 0 rings (SSSR count). The van der Waals surface area contributed by atoms with Gasteiger partial charge in [0.25, 0.3) is 0 Å². The van der Waals surface area contributed by atoms with Crippen LogP contribution in [0, 0.1) is 5.41 Å². The summed E-state index contributed by atoms with van der Waals surface area (Å²) in [4.78, 5) is 0. The van der Waals surface area contributed by atoms with Gasteiger partial charge in [0.2, 0.25) is 0 Å². The van der Waals surface area contributed by atoms with Gasteiger partial charge in [0, 0.05) is 5.41 Å². The summed E-state index contributed by atoms with van der Waals surface area (Å²) >= 11 is 0. The molecule has 0 unspecified atom stereocenters. The minimum absolute atomic E-state index is 0.181. The predicted octanol–water partition coefficient (Wildman–Crippen LogP) is -2.34. The monoisotopic (exact) mass is 316 g/mol. The standard InChI is InChI=1S/C5H12O3.2H2O4S/c1-5(2-6,3-7)4-8;2*1-5(2,3)4/h6-8H,2-4H2,1H3;2*(H2,1,2,3,4). The van der Waals surface area contributed by atoms with Crippen molar-refractivity contribution in [2.75, 3.05) is 19.8 Å². The van der Waals surface area contributed by atoms with Gasteiger partial charge < -0.3 is 15.3 Å². The predicted molar refractivity (Wildman–Crippen MR) is 57.7 cm³/mol. The molecule has 0 saturated heterocycles. The van der Waals surface area contributed by atoms with E-state index < -0.39 is 26.2 Å². The molecule has 0 spiro atoms. The van der Waals surface area contributed by atoms with Crippen LogP contribution in [0.5, 0.6) is 0 Å². The molecule has 0 saturated carbocycles. The molecule has 13 heteroatoms. The first-order valence-corrected chi connectivity index (χ1v) is 6.70. The van der Waals surface area contributed by atoms with Gasteiger partial charge >= 0.3 is 20.8 Å². The highest BCUT2D eigenvalue weighted by molar-refractivity contribution is 7.80. The van der Waals surface area contributed by atoms with E-state index in [1.807, 2.05) is 0 Å². The van der Waals surface area contributed by atoms with Crippen molar-refractivity contribution >= 4 is 20.8 Å². The van der Waals surface area contributed by atoms with Crippen LogP contribution < -0.4 is 0 Å². The molecule has 0 aromatic carbocycles. The van der Waals surface area contributed by atoms with Crippen LogP contribution in [-0.2, 0) is 20.8 Å². The lowest BCUT2D eigenvalue weighted by Crippen LogP contribution is -2.29. The van der Waals surface area contributed by atoms with Crippen molar-refractivity contribution in [3.8, 4) is 0 Å². The van der Waals surface area contributed by atoms with E-state index in [4.69, 9.17) is 50.4 Å². The van der Waals surface area contributed by atoms with Crippen LogP contribution in [-0.4, -0.2) is 70.2 Å². The van der Waals surface area contributed by atoms with Crippen LogP contribution in [0.25, 0.3) is 0 Å². The summed E-state index contributed by atoms with van der Waals surface area (Å²) in [5.41, 5.74) is -0.708. The van der Waals surface area contributed by atoms with Gasteiger partial charge in [-0.3, -0.25) is 18.2 Å². The maximum absolute atomic E-state index is 8.74. The molecule has 0 aliphatic heterocycles. The normalized spacial score (nSPS) is 11.8. The molecule has 0 heterocycles. The van der Waals surface area contributed by atoms with Gasteiger partial charge in [-0.25, -0.2) is 0 Å². The molecule has 0 atom stereocenters. The molecule has 0 bridgehead atoms. The summed E-state index contributed by atoms with van der Waals surface area (Å²) in [6.07, 6.45) is 0.